The molecular weight excluding hydrogens is 403 g/mol. The number of thioether (sulfide) groups is 1. The van der Waals surface area contributed by atoms with Gasteiger partial charge in [-0.25, -0.2) is 0 Å². The van der Waals surface area contributed by atoms with Crippen molar-refractivity contribution in [2.75, 3.05) is 11.1 Å². The minimum atomic E-state index is -0.180. The molecule has 138 valence electrons. The summed E-state index contributed by atoms with van der Waals surface area (Å²) in [6.45, 7) is 4.28. The average Bonchev–Trinajstić information content (AvgIpc) is 3.05. The summed E-state index contributed by atoms with van der Waals surface area (Å²) in [5.41, 5.74) is 1.36. The third kappa shape index (κ3) is 4.71. The van der Waals surface area contributed by atoms with Gasteiger partial charge in [0.15, 0.2) is 11.0 Å². The standard InChI is InChI=1S/C19H16Cl2N4OS/c1-2-11-25-18(13-7-3-4-8-14(13)20)23-24-19(25)27-12-17(26)22-16-10-6-5-9-15(16)21/h2-10H,1,11-12H2,(H,22,26). The Morgan fingerprint density at radius 1 is 1.11 bits per heavy atom. The Bertz CT molecular complexity index is 974. The Labute approximate surface area is 171 Å². The van der Waals surface area contributed by atoms with Crippen LogP contribution in [0.15, 0.2) is 66.3 Å². The van der Waals surface area contributed by atoms with Crippen molar-refractivity contribution in [2.24, 2.45) is 0 Å². The Morgan fingerprint density at radius 2 is 1.81 bits per heavy atom. The molecule has 1 heterocycles. The number of anilines is 1. The highest BCUT2D eigenvalue weighted by Gasteiger charge is 2.17. The smallest absolute Gasteiger partial charge is 0.234 e. The molecule has 1 amide bonds. The summed E-state index contributed by atoms with van der Waals surface area (Å²) in [6, 6.07) is 14.5. The van der Waals surface area contributed by atoms with Crippen molar-refractivity contribution in [1.29, 1.82) is 0 Å². The molecule has 0 saturated carbocycles. The van der Waals surface area contributed by atoms with E-state index in [9.17, 15) is 4.79 Å². The van der Waals surface area contributed by atoms with Crippen LogP contribution in [0, 0.1) is 0 Å². The molecule has 8 heteroatoms. The first-order valence-electron chi connectivity index (χ1n) is 8.06. The van der Waals surface area contributed by atoms with Gasteiger partial charge in [0.2, 0.25) is 5.91 Å². The van der Waals surface area contributed by atoms with Crippen LogP contribution in [0.4, 0.5) is 5.69 Å². The third-order valence-electron chi connectivity index (χ3n) is 3.62. The van der Waals surface area contributed by atoms with Crippen molar-refractivity contribution in [3.05, 3.63) is 71.2 Å². The number of allylic oxidation sites excluding steroid dienone is 1. The van der Waals surface area contributed by atoms with Crippen LogP contribution in [0.2, 0.25) is 10.0 Å². The number of amides is 1. The molecule has 27 heavy (non-hydrogen) atoms. The van der Waals surface area contributed by atoms with E-state index in [1.807, 2.05) is 28.8 Å². The fourth-order valence-corrected chi connectivity index (χ4v) is 3.56. The highest BCUT2D eigenvalue weighted by molar-refractivity contribution is 7.99. The number of hydrogen-bond acceptors (Lipinski definition) is 4. The van der Waals surface area contributed by atoms with Crippen LogP contribution >= 0.6 is 35.0 Å². The van der Waals surface area contributed by atoms with Crippen LogP contribution < -0.4 is 5.32 Å². The van der Waals surface area contributed by atoms with Crippen LogP contribution in [-0.2, 0) is 11.3 Å². The molecule has 0 spiro atoms. The number of aromatic nitrogens is 3. The van der Waals surface area contributed by atoms with E-state index in [-0.39, 0.29) is 11.7 Å². The van der Waals surface area contributed by atoms with Crippen LogP contribution in [-0.4, -0.2) is 26.4 Å². The average molecular weight is 419 g/mol. The lowest BCUT2D eigenvalue weighted by molar-refractivity contribution is -0.113. The monoisotopic (exact) mass is 418 g/mol. The number of halogens is 2. The van der Waals surface area contributed by atoms with Gasteiger partial charge in [-0.05, 0) is 24.3 Å². The molecule has 3 aromatic rings. The summed E-state index contributed by atoms with van der Waals surface area (Å²) in [6.07, 6.45) is 1.75. The van der Waals surface area contributed by atoms with Crippen molar-refractivity contribution in [2.45, 2.75) is 11.7 Å². The van der Waals surface area contributed by atoms with Gasteiger partial charge in [-0.3, -0.25) is 9.36 Å². The van der Waals surface area contributed by atoms with E-state index in [1.165, 1.54) is 11.8 Å². The maximum absolute atomic E-state index is 12.2. The molecule has 2 aromatic carbocycles. The van der Waals surface area contributed by atoms with Gasteiger partial charge in [0, 0.05) is 12.1 Å². The lowest BCUT2D eigenvalue weighted by atomic mass is 10.2. The Kier molecular flexibility index (Phi) is 6.55. The number of carbonyl (C=O) groups excluding carboxylic acids is 1. The summed E-state index contributed by atoms with van der Waals surface area (Å²) in [5.74, 6) is 0.623. The van der Waals surface area contributed by atoms with E-state index in [4.69, 9.17) is 23.2 Å². The van der Waals surface area contributed by atoms with Crippen LogP contribution in [0.25, 0.3) is 11.4 Å². The predicted octanol–water partition coefficient (Wildman–Crippen LogP) is 5.17. The molecular formula is C19H16Cl2N4OS. The van der Waals surface area contributed by atoms with Crippen molar-refractivity contribution in [1.82, 2.24) is 14.8 Å². The molecule has 0 unspecified atom stereocenters. The van der Waals surface area contributed by atoms with Gasteiger partial charge in [0.05, 0.1) is 21.5 Å². The number of benzene rings is 2. The Balaban J connectivity index is 1.75. The predicted molar refractivity (Wildman–Crippen MR) is 111 cm³/mol. The maximum Gasteiger partial charge on any atom is 0.234 e. The number of para-hydroxylation sites is 1. The molecule has 3 rings (SSSR count). The SMILES string of the molecule is C=CCn1c(SCC(=O)Nc2ccccc2Cl)nnc1-c1ccccc1Cl. The first-order valence-corrected chi connectivity index (χ1v) is 9.80. The van der Waals surface area contributed by atoms with Crippen molar-refractivity contribution in [3.8, 4) is 11.4 Å². The number of rotatable bonds is 7. The van der Waals surface area contributed by atoms with Gasteiger partial charge in [-0.2, -0.15) is 0 Å². The van der Waals surface area contributed by atoms with E-state index in [1.54, 1.807) is 30.3 Å². The van der Waals surface area contributed by atoms with E-state index in [2.05, 4.69) is 22.1 Å². The van der Waals surface area contributed by atoms with E-state index in [0.29, 0.717) is 33.3 Å². The van der Waals surface area contributed by atoms with Crippen LogP contribution in [0.5, 0.6) is 0 Å². The molecule has 0 atom stereocenters. The van der Waals surface area contributed by atoms with Crippen molar-refractivity contribution >= 4 is 46.6 Å². The normalized spacial score (nSPS) is 10.6. The third-order valence-corrected chi connectivity index (χ3v) is 5.25. The zero-order valence-corrected chi connectivity index (χ0v) is 16.6. The topological polar surface area (TPSA) is 59.8 Å². The molecule has 0 bridgehead atoms. The quantitative estimate of drug-likeness (QED) is 0.424. The molecule has 5 nitrogen and oxygen atoms in total. The summed E-state index contributed by atoms with van der Waals surface area (Å²) in [4.78, 5) is 12.2. The first-order chi connectivity index (χ1) is 13.1. The highest BCUT2D eigenvalue weighted by Crippen LogP contribution is 2.29. The summed E-state index contributed by atoms with van der Waals surface area (Å²) in [5, 5.41) is 12.9. The lowest BCUT2D eigenvalue weighted by Gasteiger charge is -2.09. The van der Waals surface area contributed by atoms with Gasteiger partial charge >= 0.3 is 0 Å². The molecule has 0 aliphatic heterocycles. The second-order valence-corrected chi connectivity index (χ2v) is 7.26. The zero-order valence-electron chi connectivity index (χ0n) is 14.2. The minimum Gasteiger partial charge on any atom is -0.324 e. The van der Waals surface area contributed by atoms with Crippen molar-refractivity contribution in [3.63, 3.8) is 0 Å². The highest BCUT2D eigenvalue weighted by atomic mass is 35.5. The summed E-state index contributed by atoms with van der Waals surface area (Å²) < 4.78 is 1.88. The molecule has 0 fully saturated rings. The molecule has 0 aliphatic rings. The van der Waals surface area contributed by atoms with E-state index in [0.717, 1.165) is 5.56 Å². The van der Waals surface area contributed by atoms with E-state index >= 15 is 0 Å². The summed E-state index contributed by atoms with van der Waals surface area (Å²) >= 11 is 13.6. The number of carbonyl (C=O) groups is 1. The minimum absolute atomic E-state index is 0.170. The molecule has 0 radical (unpaired) electrons. The van der Waals surface area contributed by atoms with Crippen molar-refractivity contribution < 1.29 is 4.79 Å². The van der Waals surface area contributed by atoms with Gasteiger partial charge in [-0.1, -0.05) is 65.3 Å². The fraction of sp³-hybridized carbons (Fsp3) is 0.105. The molecule has 0 saturated heterocycles. The second kappa shape index (κ2) is 9.08. The lowest BCUT2D eigenvalue weighted by Crippen LogP contribution is -2.15. The zero-order chi connectivity index (χ0) is 19.2. The number of nitrogens with zero attached hydrogens (tertiary/aromatic N) is 3. The number of hydrogen-bond donors (Lipinski definition) is 1. The first kappa shape index (κ1) is 19.5. The second-order valence-electron chi connectivity index (χ2n) is 5.50. The molecule has 1 N–H and O–H groups in total. The molecule has 1 aromatic heterocycles. The van der Waals surface area contributed by atoms with Crippen LogP contribution in [0.3, 0.4) is 0 Å². The van der Waals surface area contributed by atoms with Crippen LogP contribution in [0.1, 0.15) is 0 Å². The maximum atomic E-state index is 12.2. The molecule has 0 aliphatic carbocycles. The van der Waals surface area contributed by atoms with Gasteiger partial charge in [-0.15, -0.1) is 16.8 Å². The Hall–Kier alpha value is -2.28. The van der Waals surface area contributed by atoms with Gasteiger partial charge < -0.3 is 5.32 Å². The number of nitrogens with one attached hydrogen (secondary N) is 1. The Morgan fingerprint density at radius 3 is 2.52 bits per heavy atom. The summed E-state index contributed by atoms with van der Waals surface area (Å²) in [7, 11) is 0. The van der Waals surface area contributed by atoms with E-state index < -0.39 is 0 Å². The van der Waals surface area contributed by atoms with Gasteiger partial charge in [0.1, 0.15) is 0 Å². The largest absolute Gasteiger partial charge is 0.324 e. The fourth-order valence-electron chi connectivity index (χ4n) is 2.41. The van der Waals surface area contributed by atoms with Gasteiger partial charge in [0.25, 0.3) is 0 Å².